The van der Waals surface area contributed by atoms with Crippen molar-refractivity contribution < 1.29 is 4.79 Å². The molecule has 1 aromatic rings. The maximum atomic E-state index is 12.5. The Balaban J connectivity index is 1.55. The zero-order valence-corrected chi connectivity index (χ0v) is 15.8. The van der Waals surface area contributed by atoms with Crippen LogP contribution in [0.4, 0.5) is 0 Å². The summed E-state index contributed by atoms with van der Waals surface area (Å²) >= 11 is 0. The first-order valence-electron chi connectivity index (χ1n) is 9.70. The highest BCUT2D eigenvalue weighted by molar-refractivity contribution is 5.79. The van der Waals surface area contributed by atoms with Crippen molar-refractivity contribution in [1.29, 1.82) is 0 Å². The van der Waals surface area contributed by atoms with Crippen molar-refractivity contribution in [1.82, 2.24) is 14.5 Å². The molecule has 2 fully saturated rings. The summed E-state index contributed by atoms with van der Waals surface area (Å²) < 4.78 is 1.73. The first-order chi connectivity index (χ1) is 11.8. The Labute approximate surface area is 150 Å². The molecule has 25 heavy (non-hydrogen) atoms. The second-order valence-electron chi connectivity index (χ2n) is 8.76. The van der Waals surface area contributed by atoms with Crippen LogP contribution in [0.5, 0.6) is 0 Å². The van der Waals surface area contributed by atoms with Crippen LogP contribution in [0.1, 0.15) is 65.0 Å². The fraction of sp³-hybridized carbons (Fsp3) is 0.750. The number of rotatable bonds is 3. The van der Waals surface area contributed by atoms with Crippen LogP contribution in [0.3, 0.4) is 0 Å². The van der Waals surface area contributed by atoms with Crippen molar-refractivity contribution in [3.05, 3.63) is 28.4 Å². The Morgan fingerprint density at radius 3 is 2.36 bits per heavy atom. The number of nitrogens with zero attached hydrogens (tertiary/aromatic N) is 3. The highest BCUT2D eigenvalue weighted by Gasteiger charge is 2.30. The van der Waals surface area contributed by atoms with Gasteiger partial charge in [-0.15, -0.1) is 0 Å². The highest BCUT2D eigenvalue weighted by atomic mass is 16.2. The number of hydrogen-bond acceptors (Lipinski definition) is 3. The van der Waals surface area contributed by atoms with Gasteiger partial charge in [0.25, 0.3) is 5.56 Å². The zero-order chi connectivity index (χ0) is 18.0. The highest BCUT2D eigenvalue weighted by Crippen LogP contribution is 2.28. The molecule has 0 atom stereocenters. The van der Waals surface area contributed by atoms with Crippen molar-refractivity contribution in [2.24, 2.45) is 11.8 Å². The number of carbonyl (C=O) groups excluding carboxylic acids is 1. The third kappa shape index (κ3) is 4.31. The molecule has 5 nitrogen and oxygen atoms in total. The average Bonchev–Trinajstić information content (AvgIpc) is 3.10. The van der Waals surface area contributed by atoms with Gasteiger partial charge in [0.1, 0.15) is 0 Å². The molecule has 0 unspecified atom stereocenters. The van der Waals surface area contributed by atoms with E-state index in [9.17, 15) is 9.59 Å². The Hall–Kier alpha value is -1.65. The molecule has 1 amide bonds. The van der Waals surface area contributed by atoms with Crippen LogP contribution in [0.2, 0.25) is 0 Å². The van der Waals surface area contributed by atoms with Gasteiger partial charge in [-0.2, -0.15) is 0 Å². The predicted molar refractivity (Wildman–Crippen MR) is 98.5 cm³/mol. The van der Waals surface area contributed by atoms with Crippen molar-refractivity contribution in [3.8, 4) is 0 Å². The molecule has 2 aliphatic rings. The van der Waals surface area contributed by atoms with Gasteiger partial charge in [0, 0.05) is 37.0 Å². The summed E-state index contributed by atoms with van der Waals surface area (Å²) in [6.07, 6.45) is 8.19. The minimum absolute atomic E-state index is 0.0318. The van der Waals surface area contributed by atoms with E-state index in [2.05, 4.69) is 30.7 Å². The standard InChI is InChI=1S/C20H31N3O2/c1-20(2,3)17-12-18(24)23(14-21-17)13-15-8-10-22(11-9-15)19(25)16-6-4-5-7-16/h12,14-16H,4-11,13H2,1-3H3. The van der Waals surface area contributed by atoms with Gasteiger partial charge in [-0.25, -0.2) is 4.98 Å². The molecule has 1 aliphatic heterocycles. The van der Waals surface area contributed by atoms with Crippen LogP contribution < -0.4 is 5.56 Å². The van der Waals surface area contributed by atoms with Gasteiger partial charge >= 0.3 is 0 Å². The average molecular weight is 345 g/mol. The molecule has 138 valence electrons. The number of hydrogen-bond donors (Lipinski definition) is 0. The molecule has 3 rings (SSSR count). The van der Waals surface area contributed by atoms with E-state index < -0.39 is 0 Å². The van der Waals surface area contributed by atoms with Crippen molar-refractivity contribution >= 4 is 5.91 Å². The van der Waals surface area contributed by atoms with Gasteiger partial charge in [-0.05, 0) is 31.6 Å². The molecular weight excluding hydrogens is 314 g/mol. The van der Waals surface area contributed by atoms with Gasteiger partial charge in [0.05, 0.1) is 12.0 Å². The molecule has 1 aromatic heterocycles. The second kappa shape index (κ2) is 7.30. The molecule has 1 saturated carbocycles. The van der Waals surface area contributed by atoms with E-state index in [1.54, 1.807) is 17.0 Å². The SMILES string of the molecule is CC(C)(C)c1cc(=O)n(CC2CCN(C(=O)C3CCCC3)CC2)cn1. The van der Waals surface area contributed by atoms with E-state index in [1.165, 1.54) is 12.8 Å². The summed E-state index contributed by atoms with van der Waals surface area (Å²) in [5, 5.41) is 0. The number of carbonyl (C=O) groups is 1. The summed E-state index contributed by atoms with van der Waals surface area (Å²) in [7, 11) is 0. The molecular formula is C20H31N3O2. The Morgan fingerprint density at radius 1 is 1.16 bits per heavy atom. The molecule has 0 N–H and O–H groups in total. The largest absolute Gasteiger partial charge is 0.342 e. The number of aromatic nitrogens is 2. The van der Waals surface area contributed by atoms with Crippen LogP contribution >= 0.6 is 0 Å². The third-order valence-corrected chi connectivity index (χ3v) is 5.73. The van der Waals surface area contributed by atoms with E-state index in [1.807, 2.05) is 0 Å². The lowest BCUT2D eigenvalue weighted by molar-refractivity contribution is -0.136. The maximum absolute atomic E-state index is 12.5. The smallest absolute Gasteiger partial charge is 0.253 e. The lowest BCUT2D eigenvalue weighted by Crippen LogP contribution is -2.42. The van der Waals surface area contributed by atoms with Crippen LogP contribution in [0, 0.1) is 11.8 Å². The normalized spacial score (nSPS) is 20.2. The summed E-state index contributed by atoms with van der Waals surface area (Å²) in [6.45, 7) is 8.58. The minimum atomic E-state index is -0.107. The third-order valence-electron chi connectivity index (χ3n) is 5.73. The lowest BCUT2D eigenvalue weighted by atomic mass is 9.92. The second-order valence-corrected chi connectivity index (χ2v) is 8.76. The van der Waals surface area contributed by atoms with Crippen LogP contribution in [-0.4, -0.2) is 33.4 Å². The Bertz CT molecular complexity index is 660. The van der Waals surface area contributed by atoms with E-state index >= 15 is 0 Å². The predicted octanol–water partition coefficient (Wildman–Crippen LogP) is 2.97. The van der Waals surface area contributed by atoms with Gasteiger partial charge in [0.15, 0.2) is 0 Å². The molecule has 0 radical (unpaired) electrons. The maximum Gasteiger partial charge on any atom is 0.253 e. The number of likely N-dealkylation sites (tertiary alicyclic amines) is 1. The van der Waals surface area contributed by atoms with Crippen LogP contribution in [0.15, 0.2) is 17.2 Å². The lowest BCUT2D eigenvalue weighted by Gasteiger charge is -2.33. The Kier molecular flexibility index (Phi) is 5.30. The fourth-order valence-electron chi connectivity index (χ4n) is 4.02. The minimum Gasteiger partial charge on any atom is -0.342 e. The van der Waals surface area contributed by atoms with Gasteiger partial charge in [-0.3, -0.25) is 14.2 Å². The van der Waals surface area contributed by atoms with Gasteiger partial charge in [-0.1, -0.05) is 33.6 Å². The summed E-state index contributed by atoms with van der Waals surface area (Å²) in [6, 6.07) is 1.67. The van der Waals surface area contributed by atoms with Crippen LogP contribution in [0.25, 0.3) is 0 Å². The first-order valence-corrected chi connectivity index (χ1v) is 9.70. The molecule has 0 spiro atoms. The van der Waals surface area contributed by atoms with Crippen molar-refractivity contribution in [2.75, 3.05) is 13.1 Å². The fourth-order valence-corrected chi connectivity index (χ4v) is 4.02. The molecule has 1 saturated heterocycles. The zero-order valence-electron chi connectivity index (χ0n) is 15.8. The summed E-state index contributed by atoms with van der Waals surface area (Å²) in [4.78, 5) is 31.4. The molecule has 5 heteroatoms. The quantitative estimate of drug-likeness (QED) is 0.846. The van der Waals surface area contributed by atoms with E-state index in [0.29, 0.717) is 18.4 Å². The number of amides is 1. The molecule has 0 aromatic carbocycles. The molecule has 1 aliphatic carbocycles. The van der Waals surface area contributed by atoms with E-state index in [0.717, 1.165) is 44.5 Å². The molecule has 0 bridgehead atoms. The van der Waals surface area contributed by atoms with Crippen LogP contribution in [-0.2, 0) is 16.8 Å². The van der Waals surface area contributed by atoms with Gasteiger partial charge in [0.2, 0.25) is 5.91 Å². The monoisotopic (exact) mass is 345 g/mol. The summed E-state index contributed by atoms with van der Waals surface area (Å²) in [5.41, 5.74) is 0.764. The number of piperidine rings is 1. The van der Waals surface area contributed by atoms with Crippen molar-refractivity contribution in [2.45, 2.75) is 71.3 Å². The van der Waals surface area contributed by atoms with Gasteiger partial charge < -0.3 is 4.90 Å². The van der Waals surface area contributed by atoms with E-state index in [-0.39, 0.29) is 16.9 Å². The van der Waals surface area contributed by atoms with Crippen molar-refractivity contribution in [3.63, 3.8) is 0 Å². The Morgan fingerprint density at radius 2 is 1.80 bits per heavy atom. The first kappa shape index (κ1) is 18.2. The molecule has 2 heterocycles. The van der Waals surface area contributed by atoms with E-state index in [4.69, 9.17) is 0 Å². The summed E-state index contributed by atoms with van der Waals surface area (Å²) in [5.74, 6) is 1.09. The topological polar surface area (TPSA) is 55.2 Å².